The lowest BCUT2D eigenvalue weighted by atomic mass is 10.0. The Hall–Kier alpha value is -5.75. The molecule has 0 spiro atoms. The van der Waals surface area contributed by atoms with E-state index in [9.17, 15) is 44.1 Å². The number of fused-ring (bicyclic) bond motifs is 2. The summed E-state index contributed by atoms with van der Waals surface area (Å²) in [6, 6.07) is 7.08. The minimum Gasteiger partial charge on any atom is -0.480 e. The number of aliphatic hydroxyl groups is 1. The number of aliphatic hydroxyl groups excluding tert-OH is 1. The molecule has 15 heteroatoms. The third-order valence-electron chi connectivity index (χ3n) is 8.37. The van der Waals surface area contributed by atoms with E-state index < -0.39 is 48.4 Å². The van der Waals surface area contributed by atoms with Crippen LogP contribution in [0.5, 0.6) is 0 Å². The number of amides is 3. The molecule has 3 atom stereocenters. The summed E-state index contributed by atoms with van der Waals surface area (Å²) in [6.07, 6.45) is 5.98. The van der Waals surface area contributed by atoms with Crippen LogP contribution in [-0.4, -0.2) is 85.5 Å². The number of hydrogen-bond donors (Lipinski definition) is 6. The summed E-state index contributed by atoms with van der Waals surface area (Å²) >= 11 is 0. The molecule has 252 valence electrons. The zero-order valence-corrected chi connectivity index (χ0v) is 26.1. The second-order valence-corrected chi connectivity index (χ2v) is 11.4. The number of benzene rings is 2. The Morgan fingerprint density at radius 3 is 2.42 bits per heavy atom. The molecule has 4 rings (SSSR count). The molecule has 0 fully saturated rings. The lowest BCUT2D eigenvalue weighted by Gasteiger charge is -2.30. The van der Waals surface area contributed by atoms with Crippen molar-refractivity contribution >= 4 is 46.3 Å². The molecule has 48 heavy (non-hydrogen) atoms. The number of nitrogens with zero attached hydrogens (tertiary/aromatic N) is 3. The molecule has 1 unspecified atom stereocenters. The number of anilines is 1. The largest absolute Gasteiger partial charge is 0.480 e. The Labute approximate surface area is 274 Å². The van der Waals surface area contributed by atoms with E-state index in [0.717, 1.165) is 16.0 Å². The molecule has 7 N–H and O–H groups in total. The fourth-order valence-electron chi connectivity index (χ4n) is 5.83. The second-order valence-electron chi connectivity index (χ2n) is 11.4. The van der Waals surface area contributed by atoms with Crippen LogP contribution in [-0.2, 0) is 32.2 Å². The van der Waals surface area contributed by atoms with Crippen LogP contribution in [0.4, 0.5) is 5.69 Å². The molecule has 2 aromatic carbocycles. The van der Waals surface area contributed by atoms with Gasteiger partial charge >= 0.3 is 11.9 Å². The van der Waals surface area contributed by atoms with Gasteiger partial charge in [-0.15, -0.1) is 6.42 Å². The van der Waals surface area contributed by atoms with Crippen molar-refractivity contribution in [3.8, 4) is 12.3 Å². The number of aromatic amines is 1. The van der Waals surface area contributed by atoms with Crippen molar-refractivity contribution in [3.63, 3.8) is 0 Å². The van der Waals surface area contributed by atoms with E-state index >= 15 is 0 Å². The van der Waals surface area contributed by atoms with Gasteiger partial charge in [0.05, 0.1) is 23.5 Å². The maximum absolute atomic E-state index is 13.0. The number of rotatable bonds is 15. The van der Waals surface area contributed by atoms with Gasteiger partial charge in [-0.2, -0.15) is 0 Å². The number of aromatic nitrogens is 2. The Morgan fingerprint density at radius 1 is 1.10 bits per heavy atom. The van der Waals surface area contributed by atoms with Gasteiger partial charge in [0.1, 0.15) is 24.5 Å². The summed E-state index contributed by atoms with van der Waals surface area (Å²) in [4.78, 5) is 82.7. The molecule has 0 saturated carbocycles. The number of primary amides is 1. The van der Waals surface area contributed by atoms with Crippen LogP contribution in [0.3, 0.4) is 0 Å². The topological polar surface area (TPSA) is 236 Å². The van der Waals surface area contributed by atoms with Gasteiger partial charge in [0.15, 0.2) is 0 Å². The number of aryl methyl sites for hydroxylation is 1. The Kier molecular flexibility index (Phi) is 11.1. The van der Waals surface area contributed by atoms with Gasteiger partial charge in [-0.25, -0.2) is 14.6 Å². The van der Waals surface area contributed by atoms with Crippen LogP contribution in [0.2, 0.25) is 0 Å². The summed E-state index contributed by atoms with van der Waals surface area (Å²) in [6.45, 7) is -0.167. The number of likely N-dealkylation sites (N-methyl/N-ethyl adjacent to an activating group) is 1. The van der Waals surface area contributed by atoms with Crippen molar-refractivity contribution in [2.45, 2.75) is 63.3 Å². The molecule has 1 aromatic heterocycles. The quantitative estimate of drug-likeness (QED) is 0.124. The number of carboxylic acids is 2. The van der Waals surface area contributed by atoms with Crippen LogP contribution < -0.4 is 21.5 Å². The van der Waals surface area contributed by atoms with Gasteiger partial charge in [-0.05, 0) is 73.2 Å². The van der Waals surface area contributed by atoms with E-state index in [1.165, 1.54) is 19.2 Å². The molecule has 0 bridgehead atoms. The summed E-state index contributed by atoms with van der Waals surface area (Å²) < 4.78 is 0. The maximum atomic E-state index is 13.0. The average molecular weight is 661 g/mol. The molecule has 1 heterocycles. The van der Waals surface area contributed by atoms with Crippen molar-refractivity contribution in [2.24, 2.45) is 5.73 Å². The first-order chi connectivity index (χ1) is 22.8. The van der Waals surface area contributed by atoms with E-state index in [2.05, 4.69) is 21.2 Å². The molecular weight excluding hydrogens is 624 g/mol. The maximum Gasteiger partial charge on any atom is 0.326 e. The lowest BCUT2D eigenvalue weighted by Crippen LogP contribution is -2.45. The molecule has 15 nitrogen and oxygen atoms in total. The second kappa shape index (κ2) is 15.2. The van der Waals surface area contributed by atoms with Crippen molar-refractivity contribution in [3.05, 3.63) is 69.3 Å². The number of nitrogens with one attached hydrogen (secondary N) is 2. The monoisotopic (exact) mass is 660 g/mol. The molecule has 3 amide bonds. The SMILES string of the molecule is C#CCN(c1ccc(C(=O)N[C@@H](CCC(=O)N(C)[C@H](CCC(N)=O)C(=O)O)C(=O)O)cc1)C1CCc2cc3nc(CO)[nH]c(=O)c3cc21. The van der Waals surface area contributed by atoms with Gasteiger partial charge in [0.2, 0.25) is 11.8 Å². The molecule has 1 aliphatic rings. The van der Waals surface area contributed by atoms with Crippen LogP contribution in [0, 0.1) is 12.3 Å². The number of carbonyl (C=O) groups excluding carboxylic acids is 3. The summed E-state index contributed by atoms with van der Waals surface area (Å²) in [5.74, 6) is -1.98. The summed E-state index contributed by atoms with van der Waals surface area (Å²) in [5.41, 5.74) is 7.97. The van der Waals surface area contributed by atoms with E-state index in [1.54, 1.807) is 18.2 Å². The third-order valence-corrected chi connectivity index (χ3v) is 8.37. The minimum atomic E-state index is -1.45. The Balaban J connectivity index is 1.45. The fourth-order valence-corrected chi connectivity index (χ4v) is 5.83. The first kappa shape index (κ1) is 35.1. The van der Waals surface area contributed by atoms with Crippen molar-refractivity contribution in [1.29, 1.82) is 0 Å². The number of aliphatic carboxylic acids is 2. The standard InChI is InChI=1S/C33H36N6O9/c1-3-14-39(25-10-6-19-15-24-22(16-21(19)25)31(44)37-28(17-40)35-24)20-7-4-18(5-8-20)30(43)36-23(32(45)46)9-13-29(42)38(2)26(33(47)48)11-12-27(34)41/h1,4-5,7-8,15-16,23,25-26,40H,6,9-14,17H2,2H3,(H2,34,41)(H,36,43)(H,45,46)(H,47,48)(H,35,37,44)/t23-,25?,26+/m0/s1. The van der Waals surface area contributed by atoms with Crippen LogP contribution in [0.1, 0.15) is 65.5 Å². The molecule has 0 aliphatic heterocycles. The summed E-state index contributed by atoms with van der Waals surface area (Å²) in [5, 5.41) is 31.3. The average Bonchev–Trinajstić information content (AvgIpc) is 3.46. The van der Waals surface area contributed by atoms with Gasteiger partial charge in [-0.3, -0.25) is 19.2 Å². The molecule has 3 aromatic rings. The predicted molar refractivity (Wildman–Crippen MR) is 173 cm³/mol. The van der Waals surface area contributed by atoms with E-state index in [1.807, 2.05) is 11.0 Å². The number of hydrogen-bond acceptors (Lipinski definition) is 9. The first-order valence-electron chi connectivity index (χ1n) is 15.1. The molecular formula is C33H36N6O9. The number of terminal acetylenes is 1. The number of H-pyrrole nitrogens is 1. The van der Waals surface area contributed by atoms with Gasteiger partial charge in [-0.1, -0.05) is 5.92 Å². The predicted octanol–water partition coefficient (Wildman–Crippen LogP) is 0.683. The minimum absolute atomic E-state index is 0.154. The Bertz CT molecular complexity index is 1830. The van der Waals surface area contributed by atoms with Crippen LogP contribution in [0.25, 0.3) is 10.9 Å². The van der Waals surface area contributed by atoms with Gasteiger partial charge in [0.25, 0.3) is 11.5 Å². The van der Waals surface area contributed by atoms with E-state index in [0.29, 0.717) is 29.4 Å². The highest BCUT2D eigenvalue weighted by molar-refractivity contribution is 5.97. The Morgan fingerprint density at radius 2 is 1.81 bits per heavy atom. The number of carboxylic acid groups (broad SMARTS) is 2. The highest BCUT2D eigenvalue weighted by Gasteiger charge is 2.31. The van der Waals surface area contributed by atoms with Crippen molar-refractivity contribution in [1.82, 2.24) is 20.2 Å². The zero-order valence-electron chi connectivity index (χ0n) is 26.1. The van der Waals surface area contributed by atoms with Gasteiger partial charge < -0.3 is 41.2 Å². The normalized spacial score (nSPS) is 14.7. The van der Waals surface area contributed by atoms with Crippen LogP contribution >= 0.6 is 0 Å². The smallest absolute Gasteiger partial charge is 0.326 e. The molecule has 0 saturated heterocycles. The molecule has 1 aliphatic carbocycles. The third kappa shape index (κ3) is 7.96. The fraction of sp³-hybridized carbons (Fsp3) is 0.364. The van der Waals surface area contributed by atoms with Crippen LogP contribution in [0.15, 0.2) is 41.2 Å². The van der Waals surface area contributed by atoms with E-state index in [4.69, 9.17) is 12.2 Å². The highest BCUT2D eigenvalue weighted by atomic mass is 16.4. The number of carbonyl (C=O) groups is 5. The van der Waals surface area contributed by atoms with E-state index in [-0.39, 0.29) is 55.2 Å². The molecule has 0 radical (unpaired) electrons. The van der Waals surface area contributed by atoms with Crippen molar-refractivity contribution in [2.75, 3.05) is 18.5 Å². The highest BCUT2D eigenvalue weighted by Crippen LogP contribution is 2.39. The number of nitrogens with two attached hydrogens (primary N) is 1. The van der Waals surface area contributed by atoms with Gasteiger partial charge in [0, 0.05) is 31.1 Å². The lowest BCUT2D eigenvalue weighted by molar-refractivity contribution is -0.150. The first-order valence-corrected chi connectivity index (χ1v) is 15.1. The zero-order chi connectivity index (χ0) is 35.1. The van der Waals surface area contributed by atoms with Crippen molar-refractivity contribution < 1.29 is 39.3 Å². The summed E-state index contributed by atoms with van der Waals surface area (Å²) in [7, 11) is 1.23.